The molecule has 6 heterocycles. The molecule has 4 aromatic rings. The molecule has 6 rings (SSSR count). The Morgan fingerprint density at radius 2 is 1.27 bits per heavy atom. The lowest BCUT2D eigenvalue weighted by Gasteiger charge is -1.96. The minimum absolute atomic E-state index is 0.933. The van der Waals surface area contributed by atoms with E-state index in [0.717, 1.165) is 44.8 Å². The Bertz CT molecular complexity index is 1510. The first kappa shape index (κ1) is 17.2. The molecule has 2 aliphatic rings. The molecule has 5 heteroatoms. The van der Waals surface area contributed by atoms with Crippen molar-refractivity contribution in [2.24, 2.45) is 0 Å². The number of thiophene rings is 1. The van der Waals surface area contributed by atoms with Gasteiger partial charge in [-0.3, -0.25) is 0 Å². The quantitative estimate of drug-likeness (QED) is 0.319. The van der Waals surface area contributed by atoms with Crippen LogP contribution >= 0.6 is 11.3 Å². The lowest BCUT2D eigenvalue weighted by Crippen LogP contribution is -1.77. The van der Waals surface area contributed by atoms with Crippen LogP contribution in [0.2, 0.25) is 0 Å². The van der Waals surface area contributed by atoms with Crippen molar-refractivity contribution < 1.29 is 0 Å². The van der Waals surface area contributed by atoms with Crippen molar-refractivity contribution in [3.63, 3.8) is 0 Å². The molecule has 0 spiro atoms. The molecule has 0 aliphatic carbocycles. The van der Waals surface area contributed by atoms with Gasteiger partial charge in [0, 0.05) is 32.5 Å². The van der Waals surface area contributed by atoms with E-state index in [2.05, 4.69) is 76.9 Å². The second-order valence-corrected chi connectivity index (χ2v) is 8.44. The number of hydrogen-bond donors (Lipinski definition) is 2. The van der Waals surface area contributed by atoms with Crippen molar-refractivity contribution in [1.29, 1.82) is 0 Å². The van der Waals surface area contributed by atoms with Gasteiger partial charge in [0.1, 0.15) is 0 Å². The molecule has 2 N–H and O–H groups in total. The molecule has 30 heavy (non-hydrogen) atoms. The third-order valence-corrected chi connectivity index (χ3v) is 6.33. The van der Waals surface area contributed by atoms with Crippen LogP contribution in [-0.2, 0) is 0 Å². The average Bonchev–Trinajstić information content (AvgIpc) is 3.51. The van der Waals surface area contributed by atoms with Crippen molar-refractivity contribution in [2.45, 2.75) is 6.92 Å². The van der Waals surface area contributed by atoms with Gasteiger partial charge in [0.2, 0.25) is 0 Å². The smallest absolute Gasteiger partial charge is 0.0658 e. The molecule has 0 saturated carbocycles. The molecular formula is C25H18N4S. The predicted molar refractivity (Wildman–Crippen MR) is 127 cm³/mol. The molecule has 0 radical (unpaired) electrons. The maximum atomic E-state index is 4.78. The molecule has 144 valence electrons. The Hall–Kier alpha value is -3.70. The van der Waals surface area contributed by atoms with Gasteiger partial charge in [0.15, 0.2) is 0 Å². The van der Waals surface area contributed by atoms with Crippen LogP contribution in [0.5, 0.6) is 0 Å². The van der Waals surface area contributed by atoms with Crippen LogP contribution in [0.1, 0.15) is 28.3 Å². The SMILES string of the molecule is Cc1ccsc1-c1cc2cc3nc(cc4ccc(cc5nc(cc1[nH]2)C=C5)[nH]4)C=C3. The highest BCUT2D eigenvalue weighted by atomic mass is 32.1. The average molecular weight is 407 g/mol. The molecule has 0 fully saturated rings. The second kappa shape index (κ2) is 6.68. The normalized spacial score (nSPS) is 12.6. The van der Waals surface area contributed by atoms with E-state index in [1.807, 2.05) is 18.2 Å². The number of fused-ring (bicyclic) bond motifs is 8. The Labute approximate surface area is 177 Å². The summed E-state index contributed by atoms with van der Waals surface area (Å²) in [6.07, 6.45) is 8.19. The van der Waals surface area contributed by atoms with E-state index >= 15 is 0 Å². The summed E-state index contributed by atoms with van der Waals surface area (Å²) in [5.74, 6) is 0. The zero-order valence-electron chi connectivity index (χ0n) is 16.3. The number of aromatic amines is 2. The molecule has 2 aliphatic heterocycles. The van der Waals surface area contributed by atoms with Crippen molar-refractivity contribution in [1.82, 2.24) is 19.9 Å². The fourth-order valence-corrected chi connectivity index (χ4v) is 4.81. The van der Waals surface area contributed by atoms with Crippen LogP contribution in [0.15, 0.2) is 53.9 Å². The first-order valence-corrected chi connectivity index (χ1v) is 10.7. The van der Waals surface area contributed by atoms with Gasteiger partial charge in [0.25, 0.3) is 0 Å². The van der Waals surface area contributed by atoms with Gasteiger partial charge in [-0.05, 0) is 90.7 Å². The number of nitrogens with one attached hydrogen (secondary N) is 2. The number of rotatable bonds is 1. The predicted octanol–water partition coefficient (Wildman–Crippen LogP) is 6.69. The summed E-state index contributed by atoms with van der Waals surface area (Å²) in [5.41, 5.74) is 10.3. The topological polar surface area (TPSA) is 57.4 Å². The number of H-pyrrole nitrogens is 2. The highest BCUT2D eigenvalue weighted by Gasteiger charge is 2.10. The van der Waals surface area contributed by atoms with Gasteiger partial charge in [-0.15, -0.1) is 11.3 Å². The first-order chi connectivity index (χ1) is 14.7. The monoisotopic (exact) mass is 406 g/mol. The largest absolute Gasteiger partial charge is 0.355 e. The highest BCUT2D eigenvalue weighted by molar-refractivity contribution is 7.13. The summed E-state index contributed by atoms with van der Waals surface area (Å²) in [4.78, 5) is 17.8. The van der Waals surface area contributed by atoms with E-state index in [-0.39, 0.29) is 0 Å². The molecule has 0 saturated heterocycles. The summed E-state index contributed by atoms with van der Waals surface area (Å²) >= 11 is 1.76. The van der Waals surface area contributed by atoms with Crippen molar-refractivity contribution in [2.75, 3.05) is 0 Å². The van der Waals surface area contributed by atoms with E-state index in [1.54, 1.807) is 11.3 Å². The van der Waals surface area contributed by atoms with Gasteiger partial charge in [-0.2, -0.15) is 0 Å². The van der Waals surface area contributed by atoms with Crippen molar-refractivity contribution in [3.8, 4) is 10.4 Å². The minimum Gasteiger partial charge on any atom is -0.355 e. The Morgan fingerprint density at radius 3 is 1.87 bits per heavy atom. The zero-order valence-corrected chi connectivity index (χ0v) is 17.1. The summed E-state index contributed by atoms with van der Waals surface area (Å²) in [7, 11) is 0. The third kappa shape index (κ3) is 3.09. The molecule has 0 atom stereocenters. The van der Waals surface area contributed by atoms with E-state index in [4.69, 9.17) is 9.97 Å². The van der Waals surface area contributed by atoms with Crippen LogP contribution in [0.3, 0.4) is 0 Å². The molecule has 4 aromatic heterocycles. The number of nitrogens with zero attached hydrogens (tertiary/aromatic N) is 2. The van der Waals surface area contributed by atoms with Crippen LogP contribution in [-0.4, -0.2) is 19.9 Å². The van der Waals surface area contributed by atoms with E-state index in [1.165, 1.54) is 16.0 Å². The van der Waals surface area contributed by atoms with Crippen LogP contribution in [0.4, 0.5) is 0 Å². The third-order valence-electron chi connectivity index (χ3n) is 5.28. The summed E-state index contributed by atoms with van der Waals surface area (Å²) in [5, 5.41) is 2.14. The standard InChI is InChI=1S/C25H18N4S/c1-15-8-9-30-25(15)23-13-22-12-20-5-4-18(27-20)10-16-2-3-17(26-16)11-19-6-7-21(28-19)14-24(23)29-22/h2-14,26,29H,1H3. The number of hydrogen-bond acceptors (Lipinski definition) is 3. The van der Waals surface area contributed by atoms with Gasteiger partial charge in [-0.1, -0.05) is 0 Å². The minimum atomic E-state index is 0.933. The lowest BCUT2D eigenvalue weighted by molar-refractivity contribution is 1.31. The second-order valence-electron chi connectivity index (χ2n) is 7.52. The molecule has 0 aromatic carbocycles. The molecular weight excluding hydrogens is 388 g/mol. The molecule has 0 amide bonds. The van der Waals surface area contributed by atoms with E-state index < -0.39 is 0 Å². The van der Waals surface area contributed by atoms with Crippen molar-refractivity contribution in [3.05, 3.63) is 82.3 Å². The van der Waals surface area contributed by atoms with E-state index in [9.17, 15) is 0 Å². The van der Waals surface area contributed by atoms with Gasteiger partial charge in [0.05, 0.1) is 22.8 Å². The maximum Gasteiger partial charge on any atom is 0.0658 e. The molecule has 0 unspecified atom stereocenters. The van der Waals surface area contributed by atoms with E-state index in [0.29, 0.717) is 0 Å². The van der Waals surface area contributed by atoms with Gasteiger partial charge < -0.3 is 9.97 Å². The highest BCUT2D eigenvalue weighted by Crippen LogP contribution is 2.33. The molecule has 4 nitrogen and oxygen atoms in total. The Balaban J connectivity index is 1.70. The van der Waals surface area contributed by atoms with Gasteiger partial charge in [-0.25, -0.2) is 9.97 Å². The van der Waals surface area contributed by atoms with Crippen LogP contribution in [0.25, 0.3) is 56.8 Å². The number of aryl methyl sites for hydroxylation is 1. The zero-order chi connectivity index (χ0) is 20.1. The summed E-state index contributed by atoms with van der Waals surface area (Å²) < 4.78 is 0. The number of aromatic nitrogens is 4. The molecule has 8 bridgehead atoms. The Kier molecular flexibility index (Phi) is 3.82. The lowest BCUT2D eigenvalue weighted by atomic mass is 10.1. The van der Waals surface area contributed by atoms with Crippen molar-refractivity contribution >= 4 is 57.7 Å². The summed E-state index contributed by atoms with van der Waals surface area (Å²) in [6.45, 7) is 2.15. The Morgan fingerprint density at radius 1 is 0.667 bits per heavy atom. The fraction of sp³-hybridized carbons (Fsp3) is 0.0400. The maximum absolute atomic E-state index is 4.78. The first-order valence-electron chi connectivity index (χ1n) is 9.83. The summed E-state index contributed by atoms with van der Waals surface area (Å²) in [6, 6.07) is 16.8. The fourth-order valence-electron chi connectivity index (χ4n) is 3.85. The van der Waals surface area contributed by atoms with Gasteiger partial charge >= 0.3 is 0 Å². The van der Waals surface area contributed by atoms with Crippen LogP contribution in [0, 0.1) is 6.92 Å². The van der Waals surface area contributed by atoms with Crippen LogP contribution < -0.4 is 0 Å².